The van der Waals surface area contributed by atoms with Crippen LogP contribution in [0.2, 0.25) is 5.02 Å². The predicted molar refractivity (Wildman–Crippen MR) is 111 cm³/mol. The van der Waals surface area contributed by atoms with Crippen LogP contribution >= 0.6 is 19.2 Å². The number of carbonyl (C=O) groups excluding carboxylic acids is 1. The molecule has 9 heteroatoms. The van der Waals surface area contributed by atoms with Gasteiger partial charge in [0.15, 0.2) is 5.78 Å². The van der Waals surface area contributed by atoms with E-state index in [4.69, 9.17) is 20.6 Å². The minimum absolute atomic E-state index is 0.0174. The highest BCUT2D eigenvalue weighted by Gasteiger charge is 2.49. The summed E-state index contributed by atoms with van der Waals surface area (Å²) in [5.41, 5.74) is -0.813. The summed E-state index contributed by atoms with van der Waals surface area (Å²) in [7, 11) is -4.06. The SMILES string of the molecule is CCOP(=O)(OCC)C(C(=O)c1ccccc1)[C@@H](C[N+](=O)[O-])c1ccccc1Cl. The van der Waals surface area contributed by atoms with E-state index >= 15 is 0 Å². The first-order chi connectivity index (χ1) is 13.8. The van der Waals surface area contributed by atoms with Crippen LogP contribution in [0, 0.1) is 10.1 Å². The van der Waals surface area contributed by atoms with Gasteiger partial charge in [-0.15, -0.1) is 0 Å². The molecule has 2 aromatic carbocycles. The van der Waals surface area contributed by atoms with Gasteiger partial charge in [-0.2, -0.15) is 0 Å². The molecule has 0 aromatic heterocycles. The summed E-state index contributed by atoms with van der Waals surface area (Å²) in [5.74, 6) is -1.65. The monoisotopic (exact) mass is 439 g/mol. The lowest BCUT2D eigenvalue weighted by Crippen LogP contribution is -2.34. The summed E-state index contributed by atoms with van der Waals surface area (Å²) in [6.07, 6.45) is 0. The van der Waals surface area contributed by atoms with Crippen molar-refractivity contribution in [3.8, 4) is 0 Å². The van der Waals surface area contributed by atoms with E-state index in [2.05, 4.69) is 0 Å². The van der Waals surface area contributed by atoms with Crippen molar-refractivity contribution < 1.29 is 23.3 Å². The van der Waals surface area contributed by atoms with Crippen LogP contribution in [-0.4, -0.2) is 36.1 Å². The maximum Gasteiger partial charge on any atom is 0.342 e. The van der Waals surface area contributed by atoms with E-state index in [-0.39, 0.29) is 23.8 Å². The van der Waals surface area contributed by atoms with E-state index in [9.17, 15) is 19.5 Å². The highest BCUT2D eigenvalue weighted by molar-refractivity contribution is 7.56. The van der Waals surface area contributed by atoms with Crippen molar-refractivity contribution in [1.82, 2.24) is 0 Å². The lowest BCUT2D eigenvalue weighted by atomic mass is 9.91. The number of nitrogens with zero attached hydrogens (tertiary/aromatic N) is 1. The summed E-state index contributed by atoms with van der Waals surface area (Å²) in [6, 6.07) is 14.7. The average Bonchev–Trinajstić information content (AvgIpc) is 2.68. The molecule has 0 heterocycles. The number of nitro groups is 1. The van der Waals surface area contributed by atoms with Crippen molar-refractivity contribution in [2.24, 2.45) is 0 Å². The molecule has 29 heavy (non-hydrogen) atoms. The van der Waals surface area contributed by atoms with Crippen LogP contribution in [0.4, 0.5) is 0 Å². The number of hydrogen-bond acceptors (Lipinski definition) is 6. The molecule has 0 bridgehead atoms. The number of benzene rings is 2. The Balaban J connectivity index is 2.70. The fraction of sp³-hybridized carbons (Fsp3) is 0.350. The summed E-state index contributed by atoms with van der Waals surface area (Å²) in [4.78, 5) is 24.4. The van der Waals surface area contributed by atoms with Gasteiger partial charge in [-0.3, -0.25) is 19.5 Å². The number of carbonyl (C=O) groups is 1. The van der Waals surface area contributed by atoms with Crippen LogP contribution in [0.3, 0.4) is 0 Å². The lowest BCUT2D eigenvalue weighted by Gasteiger charge is -2.30. The Kier molecular flexibility index (Phi) is 8.53. The summed E-state index contributed by atoms with van der Waals surface area (Å²) < 4.78 is 24.6. The van der Waals surface area contributed by atoms with Gasteiger partial charge in [0, 0.05) is 15.5 Å². The predicted octanol–water partition coefficient (Wildman–Crippen LogP) is 5.22. The Morgan fingerprint density at radius 1 is 1.07 bits per heavy atom. The smallest absolute Gasteiger partial charge is 0.308 e. The molecule has 0 fully saturated rings. The second-order valence-electron chi connectivity index (χ2n) is 6.19. The quantitative estimate of drug-likeness (QED) is 0.206. The van der Waals surface area contributed by atoms with Crippen LogP contribution in [0.25, 0.3) is 0 Å². The molecule has 0 saturated carbocycles. The molecule has 0 spiro atoms. The molecule has 0 aliphatic heterocycles. The average molecular weight is 440 g/mol. The first-order valence-electron chi connectivity index (χ1n) is 9.18. The van der Waals surface area contributed by atoms with Crippen LogP contribution < -0.4 is 0 Å². The van der Waals surface area contributed by atoms with Gasteiger partial charge < -0.3 is 9.05 Å². The van der Waals surface area contributed by atoms with Crippen LogP contribution in [0.1, 0.15) is 35.7 Å². The number of ketones is 1. The van der Waals surface area contributed by atoms with Crippen LogP contribution in [0.15, 0.2) is 54.6 Å². The zero-order valence-corrected chi connectivity index (χ0v) is 17.8. The lowest BCUT2D eigenvalue weighted by molar-refractivity contribution is -0.483. The molecule has 0 N–H and O–H groups in total. The standard InChI is InChI=1S/C20H23ClNO6P/c1-3-27-29(26,28-4-2)20(19(23)15-10-6-5-7-11-15)17(14-22(24)25)16-12-8-9-13-18(16)21/h5-13,17,20H,3-4,14H2,1-2H3/t17-,20?/m0/s1. The summed E-state index contributed by atoms with van der Waals surface area (Å²) >= 11 is 6.30. The zero-order valence-electron chi connectivity index (χ0n) is 16.2. The molecule has 0 radical (unpaired) electrons. The van der Waals surface area contributed by atoms with Crippen molar-refractivity contribution in [1.29, 1.82) is 0 Å². The Bertz CT molecular complexity index is 882. The fourth-order valence-electron chi connectivity index (χ4n) is 3.18. The van der Waals surface area contributed by atoms with Gasteiger partial charge in [-0.05, 0) is 25.5 Å². The number of halogens is 1. The maximum absolute atomic E-state index is 13.7. The Morgan fingerprint density at radius 3 is 2.14 bits per heavy atom. The second-order valence-corrected chi connectivity index (χ2v) is 8.75. The van der Waals surface area contributed by atoms with Gasteiger partial charge in [0.1, 0.15) is 5.66 Å². The molecule has 2 rings (SSSR count). The molecule has 0 amide bonds. The molecular weight excluding hydrogens is 417 g/mol. The highest BCUT2D eigenvalue weighted by Crippen LogP contribution is 2.58. The molecule has 0 aliphatic rings. The third kappa shape index (κ3) is 5.73. The van der Waals surface area contributed by atoms with Crippen molar-refractivity contribution in [2.45, 2.75) is 25.4 Å². The van der Waals surface area contributed by atoms with Crippen molar-refractivity contribution >= 4 is 25.0 Å². The van der Waals surface area contributed by atoms with Gasteiger partial charge in [0.2, 0.25) is 6.54 Å². The molecule has 156 valence electrons. The largest absolute Gasteiger partial charge is 0.342 e. The zero-order chi connectivity index (χ0) is 21.4. The topological polar surface area (TPSA) is 95.7 Å². The Morgan fingerprint density at radius 2 is 1.62 bits per heavy atom. The summed E-state index contributed by atoms with van der Waals surface area (Å²) in [5, 5.41) is 11.7. The van der Waals surface area contributed by atoms with Crippen molar-refractivity contribution in [2.75, 3.05) is 19.8 Å². The van der Waals surface area contributed by atoms with Gasteiger partial charge in [-0.25, -0.2) is 0 Å². The molecular formula is C20H23ClNO6P. The van der Waals surface area contributed by atoms with Crippen LogP contribution in [-0.2, 0) is 13.6 Å². The molecule has 7 nitrogen and oxygen atoms in total. The van der Waals surface area contributed by atoms with E-state index in [1.54, 1.807) is 68.4 Å². The van der Waals surface area contributed by atoms with E-state index in [0.717, 1.165) is 0 Å². The normalized spacial score (nSPS) is 13.6. The number of hydrogen-bond donors (Lipinski definition) is 0. The van der Waals surface area contributed by atoms with E-state index in [1.165, 1.54) is 0 Å². The molecule has 0 aliphatic carbocycles. The Hall–Kier alpha value is -2.05. The third-order valence-electron chi connectivity index (χ3n) is 4.32. The molecule has 2 aromatic rings. The van der Waals surface area contributed by atoms with Gasteiger partial charge in [0.05, 0.1) is 19.1 Å². The van der Waals surface area contributed by atoms with Gasteiger partial charge >= 0.3 is 7.60 Å². The molecule has 0 saturated heterocycles. The second kappa shape index (κ2) is 10.6. The molecule has 1 unspecified atom stereocenters. The Labute approximate surface area is 174 Å². The highest BCUT2D eigenvalue weighted by atomic mass is 35.5. The van der Waals surface area contributed by atoms with Gasteiger partial charge in [0.25, 0.3) is 0 Å². The van der Waals surface area contributed by atoms with Crippen molar-refractivity contribution in [3.63, 3.8) is 0 Å². The van der Waals surface area contributed by atoms with E-state index in [1.807, 2.05) is 0 Å². The first kappa shape index (κ1) is 23.2. The van der Waals surface area contributed by atoms with E-state index < -0.39 is 36.4 Å². The molecule has 2 atom stereocenters. The third-order valence-corrected chi connectivity index (χ3v) is 7.17. The minimum atomic E-state index is -4.06. The first-order valence-corrected chi connectivity index (χ1v) is 11.2. The van der Waals surface area contributed by atoms with Gasteiger partial charge in [-0.1, -0.05) is 60.1 Å². The fourth-order valence-corrected chi connectivity index (χ4v) is 5.71. The van der Waals surface area contributed by atoms with Crippen LogP contribution in [0.5, 0.6) is 0 Å². The number of Topliss-reactive ketones (excluding diaryl/α,β-unsaturated/α-hetero) is 1. The maximum atomic E-state index is 13.7. The van der Waals surface area contributed by atoms with Crippen molar-refractivity contribution in [3.05, 3.63) is 80.9 Å². The summed E-state index contributed by atoms with van der Waals surface area (Å²) in [6.45, 7) is 2.62. The number of rotatable bonds is 11. The van der Waals surface area contributed by atoms with E-state index in [0.29, 0.717) is 5.56 Å². The minimum Gasteiger partial charge on any atom is -0.308 e.